The Balaban J connectivity index is 1.32. The van der Waals surface area contributed by atoms with E-state index in [9.17, 15) is 29.4 Å². The average Bonchev–Trinajstić information content (AvgIpc) is 3.50. The molecule has 12 heteroatoms. The highest BCUT2D eigenvalue weighted by molar-refractivity contribution is 6.71. The van der Waals surface area contributed by atoms with Crippen molar-refractivity contribution in [3.05, 3.63) is 89.0 Å². The summed E-state index contributed by atoms with van der Waals surface area (Å²) in [6, 6.07) is 20.0. The first-order valence-electron chi connectivity index (χ1n) is 16.7. The van der Waals surface area contributed by atoms with E-state index in [1.165, 1.54) is 6.92 Å². The largest absolute Gasteiger partial charge is 0.497 e. The summed E-state index contributed by atoms with van der Waals surface area (Å²) in [4.78, 5) is 55.9. The van der Waals surface area contributed by atoms with E-state index in [4.69, 9.17) is 9.47 Å². The number of ether oxygens (including phenoxy) is 2. The second kappa shape index (κ2) is 13.3. The fourth-order valence-electron chi connectivity index (χ4n) is 8.00. The molecular weight excluding hydrogens is 643 g/mol. The van der Waals surface area contributed by atoms with E-state index >= 15 is 0 Å². The molecule has 260 valence electrons. The number of aliphatic hydroxyl groups excluding tert-OH is 2. The van der Waals surface area contributed by atoms with E-state index in [2.05, 4.69) is 5.32 Å². The highest BCUT2D eigenvalue weighted by atomic mass is 28.4. The summed E-state index contributed by atoms with van der Waals surface area (Å²) in [5.41, 5.74) is 2.81. The molecule has 1 spiro atoms. The maximum atomic E-state index is 14.8. The first kappa shape index (κ1) is 34.8. The number of amides is 3. The Morgan fingerprint density at radius 3 is 2.43 bits per heavy atom. The number of benzene rings is 3. The van der Waals surface area contributed by atoms with Crippen molar-refractivity contribution in [1.29, 1.82) is 0 Å². The SMILES string of the molecule is COc1ccc2c(c1)[C@]1(O[C@@H](CC(=O)N3Cc4ccccc4C[C@H]3CO)[C@H]([Si](C)(C)O)[C@H]1C)C(=O)N2Cc1ccc(NC(=O)[C@H](C)O)cc1. The van der Waals surface area contributed by atoms with Crippen LogP contribution in [0.2, 0.25) is 18.6 Å². The van der Waals surface area contributed by atoms with Crippen LogP contribution in [0.5, 0.6) is 5.75 Å². The van der Waals surface area contributed by atoms with Crippen LogP contribution in [0.25, 0.3) is 0 Å². The fraction of sp³-hybridized carbons (Fsp3) is 0.432. The van der Waals surface area contributed by atoms with Gasteiger partial charge in [0.15, 0.2) is 13.9 Å². The first-order valence-corrected chi connectivity index (χ1v) is 19.8. The van der Waals surface area contributed by atoms with Crippen LogP contribution >= 0.6 is 0 Å². The van der Waals surface area contributed by atoms with E-state index in [1.807, 2.05) is 56.4 Å². The molecule has 4 N–H and O–H groups in total. The number of fused-ring (bicyclic) bond motifs is 3. The number of carbonyl (C=O) groups is 3. The highest BCUT2D eigenvalue weighted by Crippen LogP contribution is 2.60. The lowest BCUT2D eigenvalue weighted by molar-refractivity contribution is -0.151. The summed E-state index contributed by atoms with van der Waals surface area (Å²) in [5.74, 6) is -0.921. The predicted molar refractivity (Wildman–Crippen MR) is 186 cm³/mol. The molecular formula is C37H45N3O8Si. The van der Waals surface area contributed by atoms with Crippen molar-refractivity contribution in [3.8, 4) is 5.75 Å². The molecule has 3 aromatic carbocycles. The van der Waals surface area contributed by atoms with Crippen LogP contribution in [0.1, 0.15) is 42.5 Å². The number of methoxy groups -OCH3 is 1. The van der Waals surface area contributed by atoms with Gasteiger partial charge in [0.1, 0.15) is 11.9 Å². The van der Waals surface area contributed by atoms with Crippen molar-refractivity contribution in [1.82, 2.24) is 4.90 Å². The van der Waals surface area contributed by atoms with Gasteiger partial charge >= 0.3 is 0 Å². The molecule has 3 aliphatic heterocycles. The van der Waals surface area contributed by atoms with Gasteiger partial charge in [0.2, 0.25) is 5.91 Å². The molecule has 0 unspecified atom stereocenters. The van der Waals surface area contributed by atoms with Crippen LogP contribution in [0.15, 0.2) is 66.7 Å². The molecule has 3 amide bonds. The molecule has 0 radical (unpaired) electrons. The van der Waals surface area contributed by atoms with Crippen LogP contribution in [0.3, 0.4) is 0 Å². The molecule has 11 nitrogen and oxygen atoms in total. The van der Waals surface area contributed by atoms with Crippen LogP contribution in [0, 0.1) is 5.92 Å². The van der Waals surface area contributed by atoms with E-state index in [0.29, 0.717) is 35.7 Å². The quantitative estimate of drug-likeness (QED) is 0.249. The lowest BCUT2D eigenvalue weighted by atomic mass is 9.82. The molecule has 0 saturated carbocycles. The van der Waals surface area contributed by atoms with Crippen molar-refractivity contribution in [2.75, 3.05) is 23.9 Å². The Bertz CT molecular complexity index is 1740. The summed E-state index contributed by atoms with van der Waals surface area (Å²) in [5, 5.41) is 22.5. The molecule has 6 rings (SSSR count). The van der Waals surface area contributed by atoms with Crippen molar-refractivity contribution in [3.63, 3.8) is 0 Å². The number of rotatable bonds is 9. The van der Waals surface area contributed by atoms with Gasteiger partial charge in [0.25, 0.3) is 11.8 Å². The summed E-state index contributed by atoms with van der Waals surface area (Å²) >= 11 is 0. The lowest BCUT2D eigenvalue weighted by Gasteiger charge is -2.37. The topological polar surface area (TPSA) is 149 Å². The van der Waals surface area contributed by atoms with Gasteiger partial charge in [-0.1, -0.05) is 43.3 Å². The number of carbonyl (C=O) groups excluding carboxylic acids is 3. The molecule has 0 aliphatic carbocycles. The van der Waals surface area contributed by atoms with Gasteiger partial charge in [-0.25, -0.2) is 0 Å². The second-order valence-electron chi connectivity index (χ2n) is 14.0. The number of nitrogens with zero attached hydrogens (tertiary/aromatic N) is 2. The van der Waals surface area contributed by atoms with Crippen LogP contribution in [0.4, 0.5) is 11.4 Å². The van der Waals surface area contributed by atoms with Crippen molar-refractivity contribution < 1.29 is 38.9 Å². The molecule has 49 heavy (non-hydrogen) atoms. The fourth-order valence-corrected chi connectivity index (χ4v) is 10.5. The molecule has 1 fully saturated rings. The summed E-state index contributed by atoms with van der Waals surface area (Å²) in [7, 11) is -1.48. The lowest BCUT2D eigenvalue weighted by Crippen LogP contribution is -2.48. The number of nitrogens with one attached hydrogen (secondary N) is 1. The molecule has 0 aromatic heterocycles. The van der Waals surface area contributed by atoms with E-state index in [-0.39, 0.29) is 37.4 Å². The minimum Gasteiger partial charge on any atom is -0.497 e. The van der Waals surface area contributed by atoms with E-state index in [0.717, 1.165) is 16.7 Å². The minimum atomic E-state index is -3.04. The standard InChI is InChI=1S/C37H45N3O8Si/c1-22-34(49(4,5)46)32(18-33(43)39-20-26-9-7-6-8-25(26)16-28(39)21-41)48-37(22)30-17-29(47-3)14-15-31(30)40(36(37)45)19-24-10-12-27(13-11-24)38-35(44)23(2)42/h6-15,17,22-23,28,32,34,41-42,46H,16,18-21H2,1-5H3,(H,38,44)/t22-,23+,28+,32+,34-,37+/m1/s1. The van der Waals surface area contributed by atoms with E-state index in [1.54, 1.807) is 47.2 Å². The van der Waals surface area contributed by atoms with Crippen LogP contribution in [-0.2, 0) is 44.2 Å². The zero-order valence-corrected chi connectivity index (χ0v) is 29.6. The smallest absolute Gasteiger partial charge is 0.264 e. The van der Waals surface area contributed by atoms with Gasteiger partial charge in [-0.15, -0.1) is 0 Å². The summed E-state index contributed by atoms with van der Waals surface area (Å²) < 4.78 is 12.5. The monoisotopic (exact) mass is 687 g/mol. The maximum absolute atomic E-state index is 14.8. The predicted octanol–water partition coefficient (Wildman–Crippen LogP) is 3.70. The zero-order valence-electron chi connectivity index (χ0n) is 28.6. The van der Waals surface area contributed by atoms with Crippen LogP contribution < -0.4 is 15.0 Å². The van der Waals surface area contributed by atoms with Gasteiger partial charge in [0.05, 0.1) is 44.5 Å². The Kier molecular flexibility index (Phi) is 9.46. The van der Waals surface area contributed by atoms with Crippen molar-refractivity contribution >= 4 is 37.4 Å². The molecule has 3 aliphatic rings. The molecule has 0 bridgehead atoms. The summed E-state index contributed by atoms with van der Waals surface area (Å²) in [6.07, 6.45) is -1.39. The number of aliphatic hydroxyl groups is 2. The molecule has 3 aromatic rings. The molecule has 1 saturated heterocycles. The summed E-state index contributed by atoms with van der Waals surface area (Å²) in [6.45, 7) is 7.36. The maximum Gasteiger partial charge on any atom is 0.264 e. The Morgan fingerprint density at radius 1 is 1.10 bits per heavy atom. The van der Waals surface area contributed by atoms with Gasteiger partial charge in [-0.2, -0.15) is 0 Å². The zero-order chi connectivity index (χ0) is 35.2. The number of anilines is 2. The van der Waals surface area contributed by atoms with Crippen molar-refractivity contribution in [2.45, 2.75) is 82.3 Å². The molecule has 6 atom stereocenters. The van der Waals surface area contributed by atoms with E-state index < -0.39 is 43.5 Å². The van der Waals surface area contributed by atoms with Gasteiger partial charge in [-0.3, -0.25) is 14.4 Å². The van der Waals surface area contributed by atoms with Gasteiger partial charge in [0, 0.05) is 29.3 Å². The Morgan fingerprint density at radius 2 is 1.80 bits per heavy atom. The second-order valence-corrected chi connectivity index (χ2v) is 18.0. The third kappa shape index (κ3) is 6.28. The third-order valence-electron chi connectivity index (χ3n) is 10.4. The van der Waals surface area contributed by atoms with Gasteiger partial charge in [-0.05, 0) is 73.5 Å². The molecule has 3 heterocycles. The minimum absolute atomic E-state index is 0.0430. The number of hydrogen-bond donors (Lipinski definition) is 4. The average molecular weight is 688 g/mol. The highest BCUT2D eigenvalue weighted by Gasteiger charge is 2.66. The van der Waals surface area contributed by atoms with Crippen molar-refractivity contribution in [2.24, 2.45) is 5.92 Å². The first-order chi connectivity index (χ1) is 23.3. The Hall–Kier alpha value is -4.07. The Labute approximate surface area is 287 Å². The third-order valence-corrected chi connectivity index (χ3v) is 12.9. The van der Waals surface area contributed by atoms with Gasteiger partial charge < -0.3 is 39.6 Å². The van der Waals surface area contributed by atoms with Crippen LogP contribution in [-0.4, -0.2) is 77.9 Å². The normalized spacial score (nSPS) is 25.3. The number of hydrogen-bond acceptors (Lipinski definition) is 8.